The first-order valence-electron chi connectivity index (χ1n) is 5.68. The van der Waals surface area contributed by atoms with Crippen LogP contribution >= 0.6 is 0 Å². The van der Waals surface area contributed by atoms with Gasteiger partial charge in [0, 0.05) is 12.1 Å². The lowest BCUT2D eigenvalue weighted by Gasteiger charge is -2.36. The minimum Gasteiger partial charge on any atom is -0.478 e. The van der Waals surface area contributed by atoms with E-state index in [-0.39, 0.29) is 11.6 Å². The lowest BCUT2D eigenvalue weighted by Crippen LogP contribution is -2.50. The van der Waals surface area contributed by atoms with Crippen molar-refractivity contribution >= 4 is 5.97 Å². The van der Waals surface area contributed by atoms with Gasteiger partial charge in [-0.3, -0.25) is 0 Å². The van der Waals surface area contributed by atoms with E-state index in [1.165, 1.54) is 0 Å². The number of morpholine rings is 1. The van der Waals surface area contributed by atoms with E-state index >= 15 is 0 Å². The number of nitrogens with one attached hydrogen (secondary N) is 1. The SMILES string of the molecule is CC1(C)COC(c2ccccc2C(=O)O)CN1. The summed E-state index contributed by atoms with van der Waals surface area (Å²) in [7, 11) is 0. The molecule has 0 amide bonds. The molecule has 4 nitrogen and oxygen atoms in total. The highest BCUT2D eigenvalue weighted by atomic mass is 16.5. The van der Waals surface area contributed by atoms with Crippen LogP contribution in [0.2, 0.25) is 0 Å². The Hall–Kier alpha value is -1.39. The number of ether oxygens (including phenoxy) is 1. The lowest BCUT2D eigenvalue weighted by atomic mass is 9.98. The Labute approximate surface area is 101 Å². The zero-order chi connectivity index (χ0) is 12.5. The third kappa shape index (κ3) is 2.65. The van der Waals surface area contributed by atoms with Gasteiger partial charge in [-0.25, -0.2) is 4.79 Å². The van der Waals surface area contributed by atoms with E-state index in [9.17, 15) is 4.79 Å². The second-order valence-corrected chi connectivity index (χ2v) is 4.96. The molecule has 1 aliphatic rings. The van der Waals surface area contributed by atoms with Crippen LogP contribution in [0.1, 0.15) is 35.9 Å². The number of carboxylic acids is 1. The summed E-state index contributed by atoms with van der Waals surface area (Å²) in [5.74, 6) is -0.908. The van der Waals surface area contributed by atoms with Crippen LogP contribution in [0, 0.1) is 0 Å². The van der Waals surface area contributed by atoms with Crippen molar-refractivity contribution in [2.24, 2.45) is 0 Å². The topological polar surface area (TPSA) is 58.6 Å². The van der Waals surface area contributed by atoms with Crippen molar-refractivity contribution in [3.63, 3.8) is 0 Å². The Bertz CT molecular complexity index is 418. The van der Waals surface area contributed by atoms with E-state index in [1.54, 1.807) is 12.1 Å². The number of benzene rings is 1. The van der Waals surface area contributed by atoms with E-state index in [0.29, 0.717) is 18.7 Å². The molecule has 1 fully saturated rings. The summed E-state index contributed by atoms with van der Waals surface area (Å²) in [6.07, 6.45) is -0.185. The van der Waals surface area contributed by atoms with Gasteiger partial charge in [0.15, 0.2) is 0 Å². The largest absolute Gasteiger partial charge is 0.478 e. The zero-order valence-electron chi connectivity index (χ0n) is 10.1. The predicted octanol–water partition coefficient (Wildman–Crippen LogP) is 1.82. The van der Waals surface area contributed by atoms with Gasteiger partial charge in [0.05, 0.1) is 18.3 Å². The average molecular weight is 235 g/mol. The molecule has 17 heavy (non-hydrogen) atoms. The van der Waals surface area contributed by atoms with Gasteiger partial charge >= 0.3 is 5.97 Å². The molecule has 0 bridgehead atoms. The number of carboxylic acid groups (broad SMARTS) is 1. The molecule has 1 aliphatic heterocycles. The minimum absolute atomic E-state index is 0.0470. The van der Waals surface area contributed by atoms with Crippen LogP contribution in [0.3, 0.4) is 0 Å². The van der Waals surface area contributed by atoms with Crippen molar-refractivity contribution in [1.29, 1.82) is 0 Å². The van der Waals surface area contributed by atoms with Gasteiger partial charge in [-0.15, -0.1) is 0 Å². The van der Waals surface area contributed by atoms with Crippen molar-refractivity contribution in [2.45, 2.75) is 25.5 Å². The van der Waals surface area contributed by atoms with Crippen LogP contribution in [0.4, 0.5) is 0 Å². The standard InChI is InChI=1S/C13H17NO3/c1-13(2)8-17-11(7-14-13)9-5-3-4-6-10(9)12(15)16/h3-6,11,14H,7-8H2,1-2H3,(H,15,16). The fourth-order valence-corrected chi connectivity index (χ4v) is 1.96. The van der Waals surface area contributed by atoms with Gasteiger partial charge in [-0.2, -0.15) is 0 Å². The summed E-state index contributed by atoms with van der Waals surface area (Å²) in [5.41, 5.74) is 1.01. The van der Waals surface area contributed by atoms with Crippen LogP contribution < -0.4 is 5.32 Å². The highest BCUT2D eigenvalue weighted by Crippen LogP contribution is 2.26. The van der Waals surface area contributed by atoms with Crippen molar-refractivity contribution in [3.05, 3.63) is 35.4 Å². The van der Waals surface area contributed by atoms with E-state index in [1.807, 2.05) is 12.1 Å². The van der Waals surface area contributed by atoms with Crippen LogP contribution in [-0.4, -0.2) is 29.8 Å². The van der Waals surface area contributed by atoms with E-state index in [4.69, 9.17) is 9.84 Å². The van der Waals surface area contributed by atoms with Crippen LogP contribution in [0.5, 0.6) is 0 Å². The summed E-state index contributed by atoms with van der Waals surface area (Å²) in [4.78, 5) is 11.1. The maximum absolute atomic E-state index is 11.1. The number of aromatic carboxylic acids is 1. The first-order chi connectivity index (χ1) is 7.99. The third-order valence-corrected chi connectivity index (χ3v) is 2.95. The van der Waals surface area contributed by atoms with Gasteiger partial charge in [0.2, 0.25) is 0 Å². The molecular formula is C13H17NO3. The molecule has 0 spiro atoms. The summed E-state index contributed by atoms with van der Waals surface area (Å²) in [5, 5.41) is 12.5. The van der Waals surface area contributed by atoms with Crippen LogP contribution in [0.25, 0.3) is 0 Å². The molecule has 1 heterocycles. The molecule has 0 radical (unpaired) electrons. The second-order valence-electron chi connectivity index (χ2n) is 4.96. The van der Waals surface area contributed by atoms with E-state index in [2.05, 4.69) is 19.2 Å². The van der Waals surface area contributed by atoms with Crippen molar-refractivity contribution in [3.8, 4) is 0 Å². The second kappa shape index (κ2) is 4.47. The first kappa shape index (κ1) is 12.1. The molecule has 0 aromatic heterocycles. The minimum atomic E-state index is -0.908. The summed E-state index contributed by atoms with van der Waals surface area (Å²) >= 11 is 0. The van der Waals surface area contributed by atoms with Gasteiger partial charge in [0.25, 0.3) is 0 Å². The molecule has 1 unspecified atom stereocenters. The average Bonchev–Trinajstić information content (AvgIpc) is 2.29. The molecule has 1 aromatic rings. The number of hydrogen-bond acceptors (Lipinski definition) is 3. The van der Waals surface area contributed by atoms with Gasteiger partial charge in [-0.1, -0.05) is 18.2 Å². The molecule has 92 valence electrons. The molecule has 2 N–H and O–H groups in total. The van der Waals surface area contributed by atoms with E-state index < -0.39 is 5.97 Å². The summed E-state index contributed by atoms with van der Waals surface area (Å²) < 4.78 is 5.74. The Morgan fingerprint density at radius 3 is 2.76 bits per heavy atom. The van der Waals surface area contributed by atoms with Crippen molar-refractivity contribution < 1.29 is 14.6 Å². The van der Waals surface area contributed by atoms with Crippen molar-refractivity contribution in [2.75, 3.05) is 13.2 Å². The summed E-state index contributed by atoms with van der Waals surface area (Å²) in [6, 6.07) is 6.99. The van der Waals surface area contributed by atoms with Crippen LogP contribution in [0.15, 0.2) is 24.3 Å². The first-order valence-corrected chi connectivity index (χ1v) is 5.68. The molecule has 1 aromatic carbocycles. The van der Waals surface area contributed by atoms with Gasteiger partial charge < -0.3 is 15.2 Å². The number of carbonyl (C=O) groups is 1. The monoisotopic (exact) mass is 235 g/mol. The van der Waals surface area contributed by atoms with Gasteiger partial charge in [0.1, 0.15) is 0 Å². The molecular weight excluding hydrogens is 218 g/mol. The Kier molecular flexibility index (Phi) is 3.17. The normalized spacial score (nSPS) is 23.3. The predicted molar refractivity (Wildman–Crippen MR) is 64.2 cm³/mol. The highest BCUT2D eigenvalue weighted by Gasteiger charge is 2.29. The molecule has 0 aliphatic carbocycles. The van der Waals surface area contributed by atoms with Crippen LogP contribution in [-0.2, 0) is 4.74 Å². The smallest absolute Gasteiger partial charge is 0.336 e. The fraction of sp³-hybridized carbons (Fsp3) is 0.462. The Balaban J connectivity index is 2.21. The number of rotatable bonds is 2. The molecule has 4 heteroatoms. The van der Waals surface area contributed by atoms with Crippen molar-refractivity contribution in [1.82, 2.24) is 5.32 Å². The maximum atomic E-state index is 11.1. The Morgan fingerprint density at radius 2 is 2.18 bits per heavy atom. The lowest BCUT2D eigenvalue weighted by molar-refractivity contribution is -0.0233. The highest BCUT2D eigenvalue weighted by molar-refractivity contribution is 5.89. The molecule has 2 rings (SSSR count). The number of hydrogen-bond donors (Lipinski definition) is 2. The van der Waals surface area contributed by atoms with E-state index in [0.717, 1.165) is 5.56 Å². The Morgan fingerprint density at radius 1 is 1.47 bits per heavy atom. The maximum Gasteiger partial charge on any atom is 0.336 e. The summed E-state index contributed by atoms with van der Waals surface area (Å²) in [6.45, 7) is 5.33. The molecule has 1 atom stereocenters. The molecule has 0 saturated carbocycles. The zero-order valence-corrected chi connectivity index (χ0v) is 10.1. The fourth-order valence-electron chi connectivity index (χ4n) is 1.96. The van der Waals surface area contributed by atoms with Gasteiger partial charge in [-0.05, 0) is 25.5 Å². The molecule has 1 saturated heterocycles. The quantitative estimate of drug-likeness (QED) is 0.821. The third-order valence-electron chi connectivity index (χ3n) is 2.95.